The molecule has 0 aromatic rings. The molecule has 0 aliphatic heterocycles. The molecule has 0 aromatic carbocycles. The fourth-order valence-corrected chi connectivity index (χ4v) is 1.84. The molecule has 0 spiro atoms. The Morgan fingerprint density at radius 2 is 1.58 bits per heavy atom. The van der Waals surface area contributed by atoms with Gasteiger partial charge in [0.1, 0.15) is 0 Å². The van der Waals surface area contributed by atoms with Crippen molar-refractivity contribution in [2.75, 3.05) is 0 Å². The van der Waals surface area contributed by atoms with Crippen LogP contribution in [0.5, 0.6) is 0 Å². The zero-order chi connectivity index (χ0) is 9.83. The quantitative estimate of drug-likeness (QED) is 0.646. The minimum Gasteiger partial charge on any atom is -0.353 e. The number of carbonyl (C=O) groups is 1. The highest BCUT2D eigenvalue weighted by atomic mass is 16.1. The summed E-state index contributed by atoms with van der Waals surface area (Å²) in [6, 6.07) is 0. The van der Waals surface area contributed by atoms with Gasteiger partial charge in [-0.2, -0.15) is 0 Å². The van der Waals surface area contributed by atoms with Crippen LogP contribution in [0.15, 0.2) is 0 Å². The highest BCUT2D eigenvalue weighted by Crippen LogP contribution is 2.35. The van der Waals surface area contributed by atoms with E-state index in [1.165, 1.54) is 0 Å². The second kappa shape index (κ2) is 3.92. The van der Waals surface area contributed by atoms with Crippen molar-refractivity contribution in [2.24, 2.45) is 5.41 Å². The molecular weight excluding hydrogens is 150 g/mol. The molecule has 0 fully saturated rings. The number of nitrogens with one attached hydrogen (secondary N) is 1. The van der Waals surface area contributed by atoms with Crippen LogP contribution in [-0.4, -0.2) is 11.9 Å². The van der Waals surface area contributed by atoms with Crippen LogP contribution >= 0.6 is 0 Å². The Kier molecular flexibility index (Phi) is 3.75. The molecule has 0 unspecified atom stereocenters. The number of carbonyl (C=O) groups excluding carboxylic acids is 1. The summed E-state index contributed by atoms with van der Waals surface area (Å²) in [4.78, 5) is 10.5. The second-order valence-electron chi connectivity index (χ2n) is 4.30. The van der Waals surface area contributed by atoms with Crippen LogP contribution < -0.4 is 5.32 Å². The van der Waals surface area contributed by atoms with Crippen molar-refractivity contribution in [2.45, 2.75) is 53.0 Å². The van der Waals surface area contributed by atoms with E-state index in [0.29, 0.717) is 0 Å². The van der Waals surface area contributed by atoms with Gasteiger partial charge in [-0.3, -0.25) is 4.79 Å². The molecule has 0 saturated heterocycles. The number of amides is 1. The molecule has 0 heterocycles. The predicted octanol–water partition coefficient (Wildman–Crippen LogP) is 2.34. The Morgan fingerprint density at radius 3 is 1.67 bits per heavy atom. The lowest BCUT2D eigenvalue weighted by molar-refractivity contribution is -0.112. The van der Waals surface area contributed by atoms with E-state index >= 15 is 0 Å². The van der Waals surface area contributed by atoms with E-state index < -0.39 is 0 Å². The molecule has 1 N–H and O–H groups in total. The molecule has 2 heteroatoms. The van der Waals surface area contributed by atoms with Gasteiger partial charge in [-0.15, -0.1) is 0 Å². The van der Waals surface area contributed by atoms with E-state index in [4.69, 9.17) is 0 Å². The van der Waals surface area contributed by atoms with Crippen molar-refractivity contribution in [1.29, 1.82) is 0 Å². The van der Waals surface area contributed by atoms with Gasteiger partial charge in [-0.25, -0.2) is 0 Å². The number of hydrogen-bond acceptors (Lipinski definition) is 1. The number of rotatable bonds is 4. The summed E-state index contributed by atoms with van der Waals surface area (Å²) >= 11 is 0. The van der Waals surface area contributed by atoms with Gasteiger partial charge in [-0.1, -0.05) is 34.6 Å². The molecule has 72 valence electrons. The van der Waals surface area contributed by atoms with Gasteiger partial charge >= 0.3 is 0 Å². The van der Waals surface area contributed by atoms with Crippen molar-refractivity contribution in [3.8, 4) is 0 Å². The van der Waals surface area contributed by atoms with Crippen molar-refractivity contribution in [1.82, 2.24) is 5.32 Å². The van der Waals surface area contributed by atoms with Crippen molar-refractivity contribution < 1.29 is 4.79 Å². The molecule has 0 atom stereocenters. The lowest BCUT2D eigenvalue weighted by Crippen LogP contribution is -2.53. The van der Waals surface area contributed by atoms with Crippen molar-refractivity contribution in [3.63, 3.8) is 0 Å². The summed E-state index contributed by atoms with van der Waals surface area (Å²) < 4.78 is 0. The van der Waals surface area contributed by atoms with E-state index in [1.807, 2.05) is 0 Å². The van der Waals surface area contributed by atoms with E-state index in [2.05, 4.69) is 39.9 Å². The minimum atomic E-state index is -0.0469. The van der Waals surface area contributed by atoms with E-state index in [9.17, 15) is 4.79 Å². The maximum absolute atomic E-state index is 10.5. The molecule has 1 amide bonds. The van der Waals surface area contributed by atoms with Crippen LogP contribution in [0.2, 0.25) is 0 Å². The summed E-state index contributed by atoms with van der Waals surface area (Å²) in [7, 11) is 0. The average molecular weight is 171 g/mol. The highest BCUT2D eigenvalue weighted by molar-refractivity contribution is 5.48. The van der Waals surface area contributed by atoms with Gasteiger partial charge < -0.3 is 5.32 Å². The first-order chi connectivity index (χ1) is 5.43. The van der Waals surface area contributed by atoms with Crippen LogP contribution in [0.3, 0.4) is 0 Å². The van der Waals surface area contributed by atoms with Gasteiger partial charge in [0.05, 0.1) is 0 Å². The molecule has 0 rings (SSSR count). The maximum Gasteiger partial charge on any atom is 0.207 e. The van der Waals surface area contributed by atoms with Crippen molar-refractivity contribution in [3.05, 3.63) is 0 Å². The lowest BCUT2D eigenvalue weighted by atomic mass is 9.70. The maximum atomic E-state index is 10.5. The smallest absolute Gasteiger partial charge is 0.207 e. The summed E-state index contributed by atoms with van der Waals surface area (Å²) in [6.07, 6.45) is 2.77. The molecule has 0 aliphatic rings. The van der Waals surface area contributed by atoms with Crippen LogP contribution in [0, 0.1) is 5.41 Å². The lowest BCUT2D eigenvalue weighted by Gasteiger charge is -2.43. The predicted molar refractivity (Wildman–Crippen MR) is 52.0 cm³/mol. The fourth-order valence-electron chi connectivity index (χ4n) is 1.84. The molecule has 0 bridgehead atoms. The largest absolute Gasteiger partial charge is 0.353 e. The first kappa shape index (κ1) is 11.5. The van der Waals surface area contributed by atoms with Crippen LogP contribution in [0.25, 0.3) is 0 Å². The van der Waals surface area contributed by atoms with E-state index in [1.54, 1.807) is 0 Å². The Balaban J connectivity index is 4.68. The standard InChI is InChI=1S/C10H21NO/c1-6-10(7-2,11-8-12)9(3,4)5/h8H,6-7H2,1-5H3,(H,11,12). The monoisotopic (exact) mass is 171 g/mol. The van der Waals surface area contributed by atoms with Gasteiger partial charge in [0.15, 0.2) is 0 Å². The molecule has 0 radical (unpaired) electrons. The average Bonchev–Trinajstić information content (AvgIpc) is 1.98. The zero-order valence-corrected chi connectivity index (χ0v) is 8.90. The Morgan fingerprint density at radius 1 is 1.17 bits per heavy atom. The summed E-state index contributed by atoms with van der Waals surface area (Å²) in [5.41, 5.74) is 0.0756. The normalized spacial score (nSPS) is 12.8. The van der Waals surface area contributed by atoms with Gasteiger partial charge in [0.25, 0.3) is 0 Å². The zero-order valence-electron chi connectivity index (χ0n) is 8.90. The summed E-state index contributed by atoms with van der Waals surface area (Å²) in [5, 5.41) is 2.95. The molecular formula is C10H21NO. The Hall–Kier alpha value is -0.530. The van der Waals surface area contributed by atoms with Crippen LogP contribution in [-0.2, 0) is 4.79 Å². The first-order valence-electron chi connectivity index (χ1n) is 4.65. The molecule has 0 saturated carbocycles. The van der Waals surface area contributed by atoms with Crippen molar-refractivity contribution >= 4 is 6.41 Å². The third-order valence-corrected chi connectivity index (χ3v) is 2.98. The Bertz CT molecular complexity index is 142. The molecule has 0 aromatic heterocycles. The Labute approximate surface area is 75.7 Å². The van der Waals surface area contributed by atoms with Gasteiger partial charge in [-0.05, 0) is 18.3 Å². The van der Waals surface area contributed by atoms with E-state index in [-0.39, 0.29) is 11.0 Å². The van der Waals surface area contributed by atoms with Gasteiger partial charge in [0.2, 0.25) is 6.41 Å². The second-order valence-corrected chi connectivity index (χ2v) is 4.30. The first-order valence-corrected chi connectivity index (χ1v) is 4.65. The van der Waals surface area contributed by atoms with E-state index in [0.717, 1.165) is 19.3 Å². The molecule has 12 heavy (non-hydrogen) atoms. The molecule has 2 nitrogen and oxygen atoms in total. The van der Waals surface area contributed by atoms with Gasteiger partial charge in [0, 0.05) is 5.54 Å². The molecule has 0 aliphatic carbocycles. The third kappa shape index (κ3) is 1.99. The summed E-state index contributed by atoms with van der Waals surface area (Å²) in [5.74, 6) is 0. The summed E-state index contributed by atoms with van der Waals surface area (Å²) in [6.45, 7) is 10.7. The SMILES string of the molecule is CCC(CC)(NC=O)C(C)(C)C. The third-order valence-electron chi connectivity index (χ3n) is 2.98. The number of hydrogen-bond donors (Lipinski definition) is 1. The fraction of sp³-hybridized carbons (Fsp3) is 0.900. The van der Waals surface area contributed by atoms with Crippen LogP contribution in [0.4, 0.5) is 0 Å². The highest BCUT2D eigenvalue weighted by Gasteiger charge is 2.38. The minimum absolute atomic E-state index is 0.0469. The van der Waals surface area contributed by atoms with Crippen LogP contribution in [0.1, 0.15) is 47.5 Å². The topological polar surface area (TPSA) is 29.1 Å².